The molecule has 0 aromatic heterocycles. The van der Waals surface area contributed by atoms with Crippen LogP contribution in [-0.4, -0.2) is 11.7 Å². The van der Waals surface area contributed by atoms with Gasteiger partial charge in [-0.3, -0.25) is 0 Å². The van der Waals surface area contributed by atoms with Crippen LogP contribution in [0.25, 0.3) is 0 Å². The SMILES string of the molecule is CCOc1ccc(Oc2ccc([C@H](C)O)c(Br)c2)cc1. The van der Waals surface area contributed by atoms with Crippen molar-refractivity contribution in [2.75, 3.05) is 6.61 Å². The molecule has 0 aliphatic rings. The summed E-state index contributed by atoms with van der Waals surface area (Å²) in [7, 11) is 0. The molecular formula is C16H17BrO3. The van der Waals surface area contributed by atoms with Crippen LogP contribution in [0.2, 0.25) is 0 Å². The predicted octanol–water partition coefficient (Wildman–Crippen LogP) is 4.69. The number of hydrogen-bond donors (Lipinski definition) is 1. The lowest BCUT2D eigenvalue weighted by molar-refractivity contribution is 0.198. The summed E-state index contributed by atoms with van der Waals surface area (Å²) >= 11 is 3.43. The highest BCUT2D eigenvalue weighted by atomic mass is 79.9. The van der Waals surface area contributed by atoms with Crippen molar-refractivity contribution >= 4 is 15.9 Å². The van der Waals surface area contributed by atoms with Gasteiger partial charge < -0.3 is 14.6 Å². The van der Waals surface area contributed by atoms with Crippen LogP contribution < -0.4 is 9.47 Å². The molecule has 2 aromatic carbocycles. The lowest BCUT2D eigenvalue weighted by Gasteiger charge is -2.11. The first-order valence-electron chi connectivity index (χ1n) is 6.48. The third-order valence-electron chi connectivity index (χ3n) is 2.79. The standard InChI is InChI=1S/C16H17BrO3/c1-3-19-12-4-6-13(7-5-12)20-14-8-9-15(11(2)18)16(17)10-14/h4-11,18H,3H2,1-2H3/t11-/m0/s1. The molecule has 0 spiro atoms. The average Bonchev–Trinajstić information content (AvgIpc) is 2.41. The van der Waals surface area contributed by atoms with E-state index < -0.39 is 6.10 Å². The number of halogens is 1. The Bertz CT molecular complexity index is 564. The third-order valence-corrected chi connectivity index (χ3v) is 3.48. The highest BCUT2D eigenvalue weighted by Gasteiger charge is 2.07. The Kier molecular flexibility index (Phi) is 5.04. The van der Waals surface area contributed by atoms with Crippen molar-refractivity contribution in [3.63, 3.8) is 0 Å². The van der Waals surface area contributed by atoms with E-state index >= 15 is 0 Å². The van der Waals surface area contributed by atoms with Gasteiger partial charge in [-0.1, -0.05) is 22.0 Å². The summed E-state index contributed by atoms with van der Waals surface area (Å²) in [6, 6.07) is 13.0. The van der Waals surface area contributed by atoms with Gasteiger partial charge in [0.25, 0.3) is 0 Å². The second kappa shape index (κ2) is 6.77. The van der Waals surface area contributed by atoms with E-state index in [0.717, 1.165) is 21.5 Å². The largest absolute Gasteiger partial charge is 0.494 e. The molecule has 0 aliphatic carbocycles. The zero-order valence-corrected chi connectivity index (χ0v) is 13.1. The van der Waals surface area contributed by atoms with Crippen molar-refractivity contribution in [2.24, 2.45) is 0 Å². The highest BCUT2D eigenvalue weighted by Crippen LogP contribution is 2.30. The van der Waals surface area contributed by atoms with Crippen molar-refractivity contribution in [3.05, 3.63) is 52.5 Å². The summed E-state index contributed by atoms with van der Waals surface area (Å²) in [4.78, 5) is 0. The fourth-order valence-electron chi connectivity index (χ4n) is 1.82. The van der Waals surface area contributed by atoms with Crippen LogP contribution in [0.3, 0.4) is 0 Å². The summed E-state index contributed by atoms with van der Waals surface area (Å²) in [5, 5.41) is 9.58. The number of aliphatic hydroxyl groups excluding tert-OH is 1. The quantitative estimate of drug-likeness (QED) is 0.860. The van der Waals surface area contributed by atoms with Gasteiger partial charge in [-0.05, 0) is 55.8 Å². The van der Waals surface area contributed by atoms with Crippen LogP contribution in [-0.2, 0) is 0 Å². The minimum absolute atomic E-state index is 0.510. The topological polar surface area (TPSA) is 38.7 Å². The molecule has 2 aromatic rings. The van der Waals surface area contributed by atoms with Gasteiger partial charge in [-0.15, -0.1) is 0 Å². The Morgan fingerprint density at radius 3 is 2.20 bits per heavy atom. The van der Waals surface area contributed by atoms with Crippen molar-refractivity contribution in [1.29, 1.82) is 0 Å². The van der Waals surface area contributed by atoms with Gasteiger partial charge in [0.2, 0.25) is 0 Å². The lowest BCUT2D eigenvalue weighted by atomic mass is 10.1. The number of aliphatic hydroxyl groups is 1. The zero-order valence-electron chi connectivity index (χ0n) is 11.5. The van der Waals surface area contributed by atoms with Gasteiger partial charge in [-0.25, -0.2) is 0 Å². The van der Waals surface area contributed by atoms with Gasteiger partial charge in [-0.2, -0.15) is 0 Å². The number of ether oxygens (including phenoxy) is 2. The zero-order chi connectivity index (χ0) is 14.5. The van der Waals surface area contributed by atoms with E-state index in [1.807, 2.05) is 49.4 Å². The maximum atomic E-state index is 9.58. The van der Waals surface area contributed by atoms with Gasteiger partial charge in [0.15, 0.2) is 0 Å². The van der Waals surface area contributed by atoms with Gasteiger partial charge in [0.1, 0.15) is 17.2 Å². The van der Waals surface area contributed by atoms with Crippen LogP contribution >= 0.6 is 15.9 Å². The number of hydrogen-bond acceptors (Lipinski definition) is 3. The molecule has 1 N–H and O–H groups in total. The monoisotopic (exact) mass is 336 g/mol. The number of benzene rings is 2. The van der Waals surface area contributed by atoms with Gasteiger partial charge >= 0.3 is 0 Å². The van der Waals surface area contributed by atoms with Crippen LogP contribution in [0.4, 0.5) is 0 Å². The molecule has 20 heavy (non-hydrogen) atoms. The van der Waals surface area contributed by atoms with E-state index in [2.05, 4.69) is 15.9 Å². The molecule has 0 saturated heterocycles. The van der Waals surface area contributed by atoms with Crippen molar-refractivity contribution in [1.82, 2.24) is 0 Å². The molecule has 0 heterocycles. The predicted molar refractivity (Wildman–Crippen MR) is 82.5 cm³/mol. The summed E-state index contributed by atoms with van der Waals surface area (Å²) < 4.78 is 12.0. The van der Waals surface area contributed by atoms with Crippen molar-refractivity contribution < 1.29 is 14.6 Å². The summed E-state index contributed by atoms with van der Waals surface area (Å²) in [5.41, 5.74) is 0.837. The molecule has 3 nitrogen and oxygen atoms in total. The first kappa shape index (κ1) is 14.9. The number of rotatable bonds is 5. The molecule has 106 valence electrons. The Labute approximate surface area is 127 Å². The van der Waals surface area contributed by atoms with Gasteiger partial charge in [0, 0.05) is 4.47 Å². The minimum atomic E-state index is -0.510. The molecule has 0 fully saturated rings. The van der Waals surface area contributed by atoms with Crippen LogP contribution in [0, 0.1) is 0 Å². The summed E-state index contributed by atoms with van der Waals surface area (Å²) in [5.74, 6) is 2.28. The smallest absolute Gasteiger partial charge is 0.128 e. The molecule has 4 heteroatoms. The molecule has 0 aliphatic heterocycles. The summed E-state index contributed by atoms with van der Waals surface area (Å²) in [6.07, 6.45) is -0.510. The Balaban J connectivity index is 2.11. The minimum Gasteiger partial charge on any atom is -0.494 e. The maximum Gasteiger partial charge on any atom is 0.128 e. The normalized spacial score (nSPS) is 12.0. The van der Waals surface area contributed by atoms with Crippen molar-refractivity contribution in [2.45, 2.75) is 20.0 Å². The third kappa shape index (κ3) is 3.74. The first-order chi connectivity index (χ1) is 9.60. The highest BCUT2D eigenvalue weighted by molar-refractivity contribution is 9.10. The van der Waals surface area contributed by atoms with E-state index in [4.69, 9.17) is 9.47 Å². The molecule has 0 bridgehead atoms. The van der Waals surface area contributed by atoms with Crippen LogP contribution in [0.5, 0.6) is 17.2 Å². The van der Waals surface area contributed by atoms with Crippen LogP contribution in [0.15, 0.2) is 46.9 Å². The lowest BCUT2D eigenvalue weighted by Crippen LogP contribution is -1.93. The average molecular weight is 337 g/mol. The maximum absolute atomic E-state index is 9.58. The fourth-order valence-corrected chi connectivity index (χ4v) is 2.51. The van der Waals surface area contributed by atoms with E-state index in [9.17, 15) is 5.11 Å². The molecule has 0 radical (unpaired) electrons. The Morgan fingerprint density at radius 2 is 1.65 bits per heavy atom. The van der Waals surface area contributed by atoms with E-state index in [-0.39, 0.29) is 0 Å². The molecule has 1 atom stereocenters. The second-order valence-electron chi connectivity index (χ2n) is 4.37. The molecule has 0 amide bonds. The van der Waals surface area contributed by atoms with Gasteiger partial charge in [0.05, 0.1) is 12.7 Å². The Morgan fingerprint density at radius 1 is 1.05 bits per heavy atom. The fraction of sp³-hybridized carbons (Fsp3) is 0.250. The van der Waals surface area contributed by atoms with Crippen LogP contribution in [0.1, 0.15) is 25.5 Å². The Hall–Kier alpha value is -1.52. The summed E-state index contributed by atoms with van der Waals surface area (Å²) in [6.45, 7) is 4.33. The molecule has 0 saturated carbocycles. The second-order valence-corrected chi connectivity index (χ2v) is 5.22. The molecule has 0 unspecified atom stereocenters. The van der Waals surface area contributed by atoms with E-state index in [0.29, 0.717) is 12.4 Å². The van der Waals surface area contributed by atoms with E-state index in [1.54, 1.807) is 6.92 Å². The first-order valence-corrected chi connectivity index (χ1v) is 7.27. The molecule has 2 rings (SSSR count). The van der Waals surface area contributed by atoms with Crippen molar-refractivity contribution in [3.8, 4) is 17.2 Å². The van der Waals surface area contributed by atoms with E-state index in [1.165, 1.54) is 0 Å². The molecular weight excluding hydrogens is 320 g/mol.